The molecule has 0 heterocycles. The summed E-state index contributed by atoms with van der Waals surface area (Å²) in [5.41, 5.74) is 0. The van der Waals surface area contributed by atoms with Gasteiger partial charge in [0.15, 0.2) is 0 Å². The zero-order chi connectivity index (χ0) is 10.2. The Morgan fingerprint density at radius 2 is 1.86 bits per heavy atom. The van der Waals surface area contributed by atoms with Crippen LogP contribution in [0.5, 0.6) is 5.75 Å². The van der Waals surface area contributed by atoms with E-state index in [1.165, 1.54) is 0 Å². The van der Waals surface area contributed by atoms with Crippen molar-refractivity contribution in [2.24, 2.45) is 0 Å². The highest BCUT2D eigenvalue weighted by atomic mass is 16.7. The Bertz CT molecular complexity index is 238. The van der Waals surface area contributed by atoms with Gasteiger partial charge >= 0.3 is 0 Å². The first kappa shape index (κ1) is 11.0. The summed E-state index contributed by atoms with van der Waals surface area (Å²) in [7, 11) is 1.91. The van der Waals surface area contributed by atoms with Crippen LogP contribution in [-0.4, -0.2) is 31.9 Å². The van der Waals surface area contributed by atoms with Crippen molar-refractivity contribution in [1.29, 1.82) is 0 Å². The molecule has 0 atom stereocenters. The second-order valence-electron chi connectivity index (χ2n) is 2.94. The van der Waals surface area contributed by atoms with Gasteiger partial charge in [-0.2, -0.15) is 5.06 Å². The van der Waals surface area contributed by atoms with Crippen molar-refractivity contribution >= 4 is 0 Å². The lowest BCUT2D eigenvalue weighted by Gasteiger charge is -2.14. The van der Waals surface area contributed by atoms with Crippen LogP contribution in [0.1, 0.15) is 6.92 Å². The molecule has 78 valence electrons. The van der Waals surface area contributed by atoms with Crippen LogP contribution in [0.2, 0.25) is 0 Å². The Hall–Kier alpha value is -1.06. The third-order valence-electron chi connectivity index (χ3n) is 1.85. The Balaban J connectivity index is 2.10. The van der Waals surface area contributed by atoms with Crippen LogP contribution in [0.15, 0.2) is 30.3 Å². The average molecular weight is 195 g/mol. The first-order valence-electron chi connectivity index (χ1n) is 4.85. The summed E-state index contributed by atoms with van der Waals surface area (Å²) in [4.78, 5) is 5.32. The number of hydroxylamine groups is 2. The quantitative estimate of drug-likeness (QED) is 0.511. The summed E-state index contributed by atoms with van der Waals surface area (Å²) in [5.74, 6) is 0.884. The molecule has 0 N–H and O–H groups in total. The summed E-state index contributed by atoms with van der Waals surface area (Å²) in [6, 6.07) is 9.74. The zero-order valence-corrected chi connectivity index (χ0v) is 8.77. The van der Waals surface area contributed by atoms with Crippen LogP contribution in [0, 0.1) is 0 Å². The van der Waals surface area contributed by atoms with Gasteiger partial charge in [0, 0.05) is 13.6 Å². The van der Waals surface area contributed by atoms with Crippen LogP contribution < -0.4 is 4.74 Å². The molecule has 1 aromatic rings. The molecule has 0 unspecified atom stereocenters. The van der Waals surface area contributed by atoms with Crippen molar-refractivity contribution < 1.29 is 9.57 Å². The minimum atomic E-state index is 0.578. The second kappa shape index (κ2) is 6.40. The largest absolute Gasteiger partial charge is 0.491 e. The second-order valence-corrected chi connectivity index (χ2v) is 2.94. The van der Waals surface area contributed by atoms with Crippen LogP contribution in [0.4, 0.5) is 0 Å². The summed E-state index contributed by atoms with van der Waals surface area (Å²) in [6.45, 7) is 4.08. The SMILES string of the molecule is CCN(C)OCCOc1ccccc1. The zero-order valence-electron chi connectivity index (χ0n) is 8.77. The van der Waals surface area contributed by atoms with Crippen LogP contribution in [-0.2, 0) is 4.84 Å². The predicted octanol–water partition coefficient (Wildman–Crippen LogP) is 1.95. The fourth-order valence-corrected chi connectivity index (χ4v) is 0.961. The fourth-order valence-electron chi connectivity index (χ4n) is 0.961. The van der Waals surface area contributed by atoms with Gasteiger partial charge in [-0.3, -0.25) is 4.84 Å². The van der Waals surface area contributed by atoms with Gasteiger partial charge in [-0.1, -0.05) is 25.1 Å². The summed E-state index contributed by atoms with van der Waals surface area (Å²) >= 11 is 0. The molecule has 0 aromatic heterocycles. The smallest absolute Gasteiger partial charge is 0.119 e. The van der Waals surface area contributed by atoms with E-state index < -0.39 is 0 Å². The number of para-hydroxylation sites is 1. The van der Waals surface area contributed by atoms with Gasteiger partial charge in [0.05, 0.1) is 0 Å². The van der Waals surface area contributed by atoms with Crippen molar-refractivity contribution in [2.75, 3.05) is 26.8 Å². The number of nitrogens with zero attached hydrogens (tertiary/aromatic N) is 1. The van der Waals surface area contributed by atoms with Crippen molar-refractivity contribution in [3.8, 4) is 5.75 Å². The van der Waals surface area contributed by atoms with Gasteiger partial charge in [0.25, 0.3) is 0 Å². The topological polar surface area (TPSA) is 21.7 Å². The molecule has 0 fully saturated rings. The normalized spacial score (nSPS) is 10.5. The van der Waals surface area contributed by atoms with Gasteiger partial charge in [0.2, 0.25) is 0 Å². The van der Waals surface area contributed by atoms with E-state index in [-0.39, 0.29) is 0 Å². The lowest BCUT2D eigenvalue weighted by atomic mass is 10.3. The number of ether oxygens (including phenoxy) is 1. The molecule has 14 heavy (non-hydrogen) atoms. The van der Waals surface area contributed by atoms with Crippen molar-refractivity contribution in [3.63, 3.8) is 0 Å². The van der Waals surface area contributed by atoms with Crippen LogP contribution in [0.3, 0.4) is 0 Å². The van der Waals surface area contributed by atoms with E-state index in [1.54, 1.807) is 5.06 Å². The minimum absolute atomic E-state index is 0.578. The molecule has 0 radical (unpaired) electrons. The Morgan fingerprint density at radius 3 is 2.50 bits per heavy atom. The van der Waals surface area contributed by atoms with Crippen LogP contribution in [0.25, 0.3) is 0 Å². The maximum atomic E-state index is 5.45. The number of hydrogen-bond acceptors (Lipinski definition) is 3. The third kappa shape index (κ3) is 4.25. The standard InChI is InChI=1S/C11H17NO2/c1-3-12(2)14-10-9-13-11-7-5-4-6-8-11/h4-8H,3,9-10H2,1-2H3. The molecule has 0 saturated heterocycles. The molecule has 0 bridgehead atoms. The summed E-state index contributed by atoms with van der Waals surface area (Å²) < 4.78 is 5.45. The van der Waals surface area contributed by atoms with Gasteiger partial charge in [-0.15, -0.1) is 0 Å². The molecule has 0 aliphatic carbocycles. The van der Waals surface area contributed by atoms with Gasteiger partial charge in [-0.25, -0.2) is 0 Å². The van der Waals surface area contributed by atoms with E-state index in [9.17, 15) is 0 Å². The molecule has 0 saturated carbocycles. The fraction of sp³-hybridized carbons (Fsp3) is 0.455. The van der Waals surface area contributed by atoms with Gasteiger partial charge < -0.3 is 4.74 Å². The van der Waals surface area contributed by atoms with E-state index in [0.717, 1.165) is 12.3 Å². The van der Waals surface area contributed by atoms with Gasteiger partial charge in [-0.05, 0) is 12.1 Å². The molecule has 0 spiro atoms. The van der Waals surface area contributed by atoms with Crippen molar-refractivity contribution in [2.45, 2.75) is 6.92 Å². The summed E-state index contributed by atoms with van der Waals surface area (Å²) in [6.07, 6.45) is 0. The molecule has 0 aliphatic rings. The molecule has 3 nitrogen and oxygen atoms in total. The first-order chi connectivity index (χ1) is 6.83. The average Bonchev–Trinajstić information content (AvgIpc) is 2.25. The molecular weight excluding hydrogens is 178 g/mol. The third-order valence-corrected chi connectivity index (χ3v) is 1.85. The molecule has 0 amide bonds. The highest BCUT2D eigenvalue weighted by Crippen LogP contribution is 2.07. The lowest BCUT2D eigenvalue weighted by molar-refractivity contribution is -0.142. The highest BCUT2D eigenvalue weighted by Gasteiger charge is 1.94. The van der Waals surface area contributed by atoms with E-state index in [4.69, 9.17) is 9.57 Å². The first-order valence-corrected chi connectivity index (χ1v) is 4.85. The number of rotatable bonds is 6. The Labute approximate surface area is 85.2 Å². The molecule has 0 aliphatic heterocycles. The molecule has 3 heteroatoms. The Kier molecular flexibility index (Phi) is 5.04. The Morgan fingerprint density at radius 1 is 1.14 bits per heavy atom. The minimum Gasteiger partial charge on any atom is -0.491 e. The molecular formula is C11H17NO2. The summed E-state index contributed by atoms with van der Waals surface area (Å²) in [5, 5.41) is 1.79. The maximum Gasteiger partial charge on any atom is 0.119 e. The molecule has 1 aromatic carbocycles. The number of benzene rings is 1. The number of hydrogen-bond donors (Lipinski definition) is 0. The van der Waals surface area contributed by atoms with Crippen LogP contribution >= 0.6 is 0 Å². The van der Waals surface area contributed by atoms with Crippen molar-refractivity contribution in [1.82, 2.24) is 5.06 Å². The van der Waals surface area contributed by atoms with E-state index >= 15 is 0 Å². The monoisotopic (exact) mass is 195 g/mol. The highest BCUT2D eigenvalue weighted by molar-refractivity contribution is 5.20. The predicted molar refractivity (Wildman–Crippen MR) is 56.2 cm³/mol. The van der Waals surface area contributed by atoms with Crippen molar-refractivity contribution in [3.05, 3.63) is 30.3 Å². The van der Waals surface area contributed by atoms with E-state index in [2.05, 4.69) is 0 Å². The molecule has 1 rings (SSSR count). The maximum absolute atomic E-state index is 5.45. The lowest BCUT2D eigenvalue weighted by Crippen LogP contribution is -2.21. The van der Waals surface area contributed by atoms with E-state index in [0.29, 0.717) is 13.2 Å². The van der Waals surface area contributed by atoms with Gasteiger partial charge in [0.1, 0.15) is 19.0 Å². The van der Waals surface area contributed by atoms with E-state index in [1.807, 2.05) is 44.3 Å².